The summed E-state index contributed by atoms with van der Waals surface area (Å²) in [7, 11) is 0. The van der Waals surface area contributed by atoms with Crippen molar-refractivity contribution in [1.29, 1.82) is 0 Å². The molecule has 2 fully saturated rings. The summed E-state index contributed by atoms with van der Waals surface area (Å²) in [6.07, 6.45) is 12.9. The number of likely N-dealkylation sites (tertiary alicyclic amines) is 1. The summed E-state index contributed by atoms with van der Waals surface area (Å²) in [6, 6.07) is 0. The number of fused-ring (bicyclic) bond motifs is 5. The summed E-state index contributed by atoms with van der Waals surface area (Å²) in [5, 5.41) is 0.914. The molecule has 0 spiro atoms. The van der Waals surface area contributed by atoms with E-state index >= 15 is 0 Å². The van der Waals surface area contributed by atoms with Crippen LogP contribution in [0.3, 0.4) is 0 Å². The van der Waals surface area contributed by atoms with E-state index in [2.05, 4.69) is 4.98 Å². The number of hydrogen-bond acceptors (Lipinski definition) is 5. The number of pyridine rings is 1. The third-order valence-corrected chi connectivity index (χ3v) is 7.45. The highest BCUT2D eigenvalue weighted by molar-refractivity contribution is 6.03. The Morgan fingerprint density at radius 2 is 1.81 bits per heavy atom. The van der Waals surface area contributed by atoms with Crippen molar-refractivity contribution < 1.29 is 9.21 Å². The molecule has 3 aromatic heterocycles. The number of nitrogens with zero attached hydrogens (tertiary/aromatic N) is 4. The van der Waals surface area contributed by atoms with E-state index in [1.54, 1.807) is 0 Å². The first kappa shape index (κ1) is 19.0. The fourth-order valence-electron chi connectivity index (χ4n) is 5.86. The molecular formula is C24H28N4O3. The predicted molar refractivity (Wildman–Crippen MR) is 117 cm³/mol. The maximum absolute atomic E-state index is 13.2. The van der Waals surface area contributed by atoms with Crippen molar-refractivity contribution in [3.05, 3.63) is 33.5 Å². The minimum absolute atomic E-state index is 0.0116. The highest BCUT2D eigenvalue weighted by atomic mass is 16.3. The third kappa shape index (κ3) is 3.08. The van der Waals surface area contributed by atoms with E-state index in [9.17, 15) is 9.59 Å². The Bertz CT molecular complexity index is 1230. The second-order valence-electron chi connectivity index (χ2n) is 9.37. The molecule has 0 radical (unpaired) electrons. The molecule has 4 heterocycles. The number of carbonyl (C=O) groups is 1. The number of carbonyl (C=O) groups excluding carboxylic acids is 1. The fourth-order valence-corrected chi connectivity index (χ4v) is 5.86. The summed E-state index contributed by atoms with van der Waals surface area (Å²) >= 11 is 0. The van der Waals surface area contributed by atoms with Gasteiger partial charge in [-0.3, -0.25) is 14.2 Å². The molecule has 0 unspecified atom stereocenters. The van der Waals surface area contributed by atoms with Crippen LogP contribution in [0.15, 0.2) is 15.5 Å². The molecule has 0 atom stereocenters. The Kier molecular flexibility index (Phi) is 4.58. The van der Waals surface area contributed by atoms with Crippen molar-refractivity contribution in [2.24, 2.45) is 0 Å². The molecule has 7 nitrogen and oxygen atoms in total. The summed E-state index contributed by atoms with van der Waals surface area (Å²) < 4.78 is 7.44. The fraction of sp³-hybridized carbons (Fsp3) is 0.583. The number of aryl methyl sites for hydroxylation is 1. The number of rotatable bonds is 3. The van der Waals surface area contributed by atoms with Crippen LogP contribution in [-0.4, -0.2) is 38.4 Å². The van der Waals surface area contributed by atoms with E-state index in [1.165, 1.54) is 59.8 Å². The van der Waals surface area contributed by atoms with Gasteiger partial charge in [0.2, 0.25) is 17.2 Å². The second kappa shape index (κ2) is 7.46. The van der Waals surface area contributed by atoms with Crippen LogP contribution in [0, 0.1) is 0 Å². The van der Waals surface area contributed by atoms with E-state index in [0.717, 1.165) is 50.6 Å². The number of furan rings is 1. The molecule has 3 aromatic rings. The minimum atomic E-state index is -0.290. The molecule has 6 rings (SSSR count). The minimum Gasteiger partial charge on any atom is -0.430 e. The molecular weight excluding hydrogens is 392 g/mol. The van der Waals surface area contributed by atoms with Crippen LogP contribution in [0.2, 0.25) is 0 Å². The zero-order chi connectivity index (χ0) is 20.9. The van der Waals surface area contributed by atoms with Crippen molar-refractivity contribution in [2.45, 2.75) is 76.7 Å². The summed E-state index contributed by atoms with van der Waals surface area (Å²) in [6.45, 7) is 1.56. The Morgan fingerprint density at radius 3 is 2.61 bits per heavy atom. The van der Waals surface area contributed by atoms with Crippen molar-refractivity contribution in [3.8, 4) is 0 Å². The molecule has 1 amide bonds. The van der Waals surface area contributed by atoms with Crippen molar-refractivity contribution in [1.82, 2.24) is 19.4 Å². The smallest absolute Gasteiger partial charge is 0.297 e. The number of aromatic nitrogens is 3. The Morgan fingerprint density at radius 1 is 1.03 bits per heavy atom. The Balaban J connectivity index is 1.45. The normalized spacial score (nSPS) is 19.5. The zero-order valence-corrected chi connectivity index (χ0v) is 17.9. The average molecular weight is 421 g/mol. The van der Waals surface area contributed by atoms with Gasteiger partial charge in [0.25, 0.3) is 5.56 Å². The Labute approximate surface area is 180 Å². The highest BCUT2D eigenvalue weighted by Crippen LogP contribution is 2.41. The van der Waals surface area contributed by atoms with Gasteiger partial charge in [-0.05, 0) is 56.1 Å². The molecule has 0 bridgehead atoms. The largest absolute Gasteiger partial charge is 0.430 e. The van der Waals surface area contributed by atoms with Crippen molar-refractivity contribution in [3.63, 3.8) is 0 Å². The summed E-state index contributed by atoms with van der Waals surface area (Å²) in [5.41, 5.74) is 4.94. The first-order valence-electron chi connectivity index (χ1n) is 11.8. The van der Waals surface area contributed by atoms with Crippen LogP contribution < -0.4 is 5.56 Å². The molecule has 162 valence electrons. The quantitative estimate of drug-likeness (QED) is 0.645. The van der Waals surface area contributed by atoms with Gasteiger partial charge in [-0.25, -0.2) is 9.97 Å². The first-order chi connectivity index (χ1) is 15.2. The van der Waals surface area contributed by atoms with Crippen molar-refractivity contribution >= 4 is 28.1 Å². The van der Waals surface area contributed by atoms with Crippen LogP contribution in [-0.2, 0) is 24.2 Å². The molecule has 3 aliphatic rings. The molecule has 31 heavy (non-hydrogen) atoms. The lowest BCUT2D eigenvalue weighted by atomic mass is 9.84. The maximum atomic E-state index is 13.2. The average Bonchev–Trinajstić information content (AvgIpc) is 3.54. The van der Waals surface area contributed by atoms with Crippen LogP contribution >= 0.6 is 0 Å². The lowest BCUT2D eigenvalue weighted by Crippen LogP contribution is -2.34. The number of hydrogen-bond donors (Lipinski definition) is 0. The lowest BCUT2D eigenvalue weighted by molar-refractivity contribution is -0.130. The molecule has 2 aliphatic carbocycles. The third-order valence-electron chi connectivity index (χ3n) is 7.45. The molecule has 1 aliphatic heterocycles. The predicted octanol–water partition coefficient (Wildman–Crippen LogP) is 3.70. The van der Waals surface area contributed by atoms with Gasteiger partial charge < -0.3 is 9.32 Å². The van der Waals surface area contributed by atoms with E-state index in [4.69, 9.17) is 9.40 Å². The van der Waals surface area contributed by atoms with Gasteiger partial charge in [-0.15, -0.1) is 0 Å². The van der Waals surface area contributed by atoms with E-state index in [1.807, 2.05) is 4.90 Å². The SMILES string of the molecule is O=C(Cn1cnc2c(oc3nc(C4CCCCC4)c4c(c32)CCC4)c1=O)N1CCCC1. The van der Waals surface area contributed by atoms with Crippen LogP contribution in [0.25, 0.3) is 22.2 Å². The van der Waals surface area contributed by atoms with Gasteiger partial charge >= 0.3 is 0 Å². The molecule has 1 saturated heterocycles. The van der Waals surface area contributed by atoms with E-state index < -0.39 is 0 Å². The van der Waals surface area contributed by atoms with Crippen molar-refractivity contribution in [2.75, 3.05) is 13.1 Å². The monoisotopic (exact) mass is 420 g/mol. The summed E-state index contributed by atoms with van der Waals surface area (Å²) in [4.78, 5) is 37.1. The topological polar surface area (TPSA) is 81.2 Å². The van der Waals surface area contributed by atoms with Crippen LogP contribution in [0.4, 0.5) is 0 Å². The van der Waals surface area contributed by atoms with Crippen LogP contribution in [0.1, 0.15) is 74.1 Å². The zero-order valence-electron chi connectivity index (χ0n) is 17.9. The number of amides is 1. The van der Waals surface area contributed by atoms with Gasteiger partial charge in [0.1, 0.15) is 12.1 Å². The van der Waals surface area contributed by atoms with E-state index in [-0.39, 0.29) is 23.6 Å². The maximum Gasteiger partial charge on any atom is 0.297 e. The van der Waals surface area contributed by atoms with E-state index in [0.29, 0.717) is 17.1 Å². The van der Waals surface area contributed by atoms with Gasteiger partial charge in [-0.1, -0.05) is 19.3 Å². The highest BCUT2D eigenvalue weighted by Gasteiger charge is 2.29. The standard InChI is InChI=1S/C24H28N4O3/c29-18(27-11-4-5-12-27)13-28-14-25-21-19-16-9-6-10-17(16)20(15-7-2-1-3-8-15)26-23(19)31-22(21)24(28)30/h14-15H,1-13H2. The lowest BCUT2D eigenvalue weighted by Gasteiger charge is -2.23. The van der Waals surface area contributed by atoms with Gasteiger partial charge in [0, 0.05) is 19.0 Å². The summed E-state index contributed by atoms with van der Waals surface area (Å²) in [5.74, 6) is 0.469. The molecule has 1 saturated carbocycles. The first-order valence-corrected chi connectivity index (χ1v) is 11.8. The van der Waals surface area contributed by atoms with Gasteiger partial charge in [0.05, 0.1) is 17.4 Å². The molecule has 0 aromatic carbocycles. The second-order valence-corrected chi connectivity index (χ2v) is 9.37. The molecule has 0 N–H and O–H groups in total. The van der Waals surface area contributed by atoms with Gasteiger partial charge in [0.15, 0.2) is 0 Å². The van der Waals surface area contributed by atoms with Crippen LogP contribution in [0.5, 0.6) is 0 Å². The van der Waals surface area contributed by atoms with Gasteiger partial charge in [-0.2, -0.15) is 0 Å². The molecule has 7 heteroatoms. The Hall–Kier alpha value is -2.70.